The van der Waals surface area contributed by atoms with Crippen LogP contribution >= 0.6 is 23.4 Å². The lowest BCUT2D eigenvalue weighted by molar-refractivity contribution is -0.134. The van der Waals surface area contributed by atoms with E-state index >= 15 is 0 Å². The Morgan fingerprint density at radius 2 is 2.12 bits per heavy atom. The fourth-order valence-electron chi connectivity index (χ4n) is 2.91. The Hall–Kier alpha value is -2.06. The Labute approximate surface area is 160 Å². The monoisotopic (exact) mass is 393 g/mol. The van der Waals surface area contributed by atoms with Gasteiger partial charge in [-0.25, -0.2) is 4.98 Å². The molecule has 1 aromatic carbocycles. The van der Waals surface area contributed by atoms with E-state index in [0.717, 1.165) is 18.4 Å². The van der Waals surface area contributed by atoms with E-state index in [1.807, 2.05) is 19.1 Å². The summed E-state index contributed by atoms with van der Waals surface area (Å²) in [7, 11) is 0. The van der Waals surface area contributed by atoms with Gasteiger partial charge < -0.3 is 10.6 Å². The summed E-state index contributed by atoms with van der Waals surface area (Å²) < 4.78 is 0. The molecule has 1 aliphatic heterocycles. The summed E-state index contributed by atoms with van der Waals surface area (Å²) in [6, 6.07) is 7.26. The molecule has 3 rings (SSSR count). The molecule has 138 valence electrons. The molecule has 0 radical (unpaired) electrons. The number of piperidine rings is 1. The summed E-state index contributed by atoms with van der Waals surface area (Å²) in [4.78, 5) is 30.2. The first-order valence-corrected chi connectivity index (χ1v) is 9.63. The zero-order valence-corrected chi connectivity index (χ0v) is 15.9. The van der Waals surface area contributed by atoms with Crippen LogP contribution in [0.3, 0.4) is 0 Å². The topological polar surface area (TPSA) is 105 Å². The first-order chi connectivity index (χ1) is 12.4. The lowest BCUT2D eigenvalue weighted by atomic mass is 9.97. The first kappa shape index (κ1) is 18.7. The standard InChI is InChI=1S/C17H20ClN5O2S/c1-10(16(25)23-8-2-3-12(9-23)14(19)24)26-17-20-15(21-22-17)11-4-6-13(18)7-5-11/h4-7,10,12H,2-3,8-9H2,1H3,(H2,19,24)(H,20,21,22). The van der Waals surface area contributed by atoms with Crippen molar-refractivity contribution in [2.45, 2.75) is 30.2 Å². The summed E-state index contributed by atoms with van der Waals surface area (Å²) in [5.41, 5.74) is 6.25. The van der Waals surface area contributed by atoms with Gasteiger partial charge in [-0.15, -0.1) is 5.10 Å². The van der Waals surface area contributed by atoms with Gasteiger partial charge in [-0.3, -0.25) is 14.7 Å². The number of carbonyl (C=O) groups is 2. The summed E-state index contributed by atoms with van der Waals surface area (Å²) in [5.74, 6) is -0.0105. The van der Waals surface area contributed by atoms with Crippen LogP contribution in [0.5, 0.6) is 0 Å². The van der Waals surface area contributed by atoms with Crippen LogP contribution in [-0.2, 0) is 9.59 Å². The van der Waals surface area contributed by atoms with Crippen LogP contribution in [0.25, 0.3) is 11.4 Å². The fourth-order valence-corrected chi connectivity index (χ4v) is 3.85. The maximum Gasteiger partial charge on any atom is 0.235 e. The van der Waals surface area contributed by atoms with E-state index in [1.54, 1.807) is 17.0 Å². The van der Waals surface area contributed by atoms with Crippen molar-refractivity contribution in [2.75, 3.05) is 13.1 Å². The Bertz CT molecular complexity index is 795. The third-order valence-corrected chi connectivity index (χ3v) is 5.55. The number of nitrogens with two attached hydrogens (primary N) is 1. The molecule has 1 fully saturated rings. The molecule has 2 unspecified atom stereocenters. The SMILES string of the molecule is CC(Sc1n[nH]c(-c2ccc(Cl)cc2)n1)C(=O)N1CCCC(C(N)=O)C1. The number of carbonyl (C=O) groups excluding carboxylic acids is 2. The van der Waals surface area contributed by atoms with Crippen LogP contribution in [0.1, 0.15) is 19.8 Å². The minimum absolute atomic E-state index is 0.0289. The highest BCUT2D eigenvalue weighted by Gasteiger charge is 2.30. The third kappa shape index (κ3) is 4.37. The number of halogens is 1. The molecule has 0 aliphatic carbocycles. The molecule has 2 aromatic rings. The number of H-pyrrole nitrogens is 1. The van der Waals surface area contributed by atoms with Crippen molar-refractivity contribution in [3.63, 3.8) is 0 Å². The number of rotatable bonds is 5. The number of amides is 2. The maximum atomic E-state index is 12.7. The predicted molar refractivity (Wildman–Crippen MR) is 101 cm³/mol. The van der Waals surface area contributed by atoms with Gasteiger partial charge in [0.15, 0.2) is 5.82 Å². The van der Waals surface area contributed by atoms with E-state index in [-0.39, 0.29) is 23.0 Å². The van der Waals surface area contributed by atoms with Gasteiger partial charge in [0.25, 0.3) is 0 Å². The van der Waals surface area contributed by atoms with Crippen molar-refractivity contribution in [1.82, 2.24) is 20.1 Å². The molecule has 7 nitrogen and oxygen atoms in total. The van der Waals surface area contributed by atoms with E-state index in [9.17, 15) is 9.59 Å². The van der Waals surface area contributed by atoms with Gasteiger partial charge in [0.1, 0.15) is 0 Å². The molecule has 2 amide bonds. The highest BCUT2D eigenvalue weighted by Crippen LogP contribution is 2.26. The number of aromatic amines is 1. The molecule has 1 aliphatic rings. The lowest BCUT2D eigenvalue weighted by Crippen LogP contribution is -2.46. The van der Waals surface area contributed by atoms with Gasteiger partial charge >= 0.3 is 0 Å². The minimum Gasteiger partial charge on any atom is -0.369 e. The van der Waals surface area contributed by atoms with Gasteiger partial charge in [0.2, 0.25) is 17.0 Å². The van der Waals surface area contributed by atoms with Crippen LogP contribution in [0, 0.1) is 5.92 Å². The summed E-state index contributed by atoms with van der Waals surface area (Å²) >= 11 is 7.18. The predicted octanol–water partition coefficient (Wildman–Crippen LogP) is 2.33. The number of hydrogen-bond donors (Lipinski definition) is 2. The number of nitrogens with zero attached hydrogens (tertiary/aromatic N) is 3. The van der Waals surface area contributed by atoms with Crippen LogP contribution in [0.15, 0.2) is 29.4 Å². The second-order valence-corrected chi connectivity index (χ2v) is 8.00. The number of benzene rings is 1. The van der Waals surface area contributed by atoms with Gasteiger partial charge in [0.05, 0.1) is 11.2 Å². The number of primary amides is 1. The molecule has 0 bridgehead atoms. The Morgan fingerprint density at radius 1 is 1.38 bits per heavy atom. The van der Waals surface area contributed by atoms with E-state index < -0.39 is 0 Å². The van der Waals surface area contributed by atoms with Gasteiger partial charge in [-0.05, 0) is 44.0 Å². The minimum atomic E-state index is -0.351. The fraction of sp³-hybridized carbons (Fsp3) is 0.412. The number of hydrogen-bond acceptors (Lipinski definition) is 5. The van der Waals surface area contributed by atoms with Crippen molar-refractivity contribution in [1.29, 1.82) is 0 Å². The highest BCUT2D eigenvalue weighted by molar-refractivity contribution is 8.00. The molecule has 2 atom stereocenters. The zero-order chi connectivity index (χ0) is 18.7. The van der Waals surface area contributed by atoms with E-state index in [1.165, 1.54) is 11.8 Å². The van der Waals surface area contributed by atoms with Crippen LogP contribution in [-0.4, -0.2) is 50.2 Å². The van der Waals surface area contributed by atoms with Gasteiger partial charge in [-0.2, -0.15) is 0 Å². The van der Waals surface area contributed by atoms with Crippen molar-refractivity contribution in [3.8, 4) is 11.4 Å². The normalized spacial score (nSPS) is 18.5. The second kappa shape index (κ2) is 8.09. The molecule has 1 aromatic heterocycles. The van der Waals surface area contributed by atoms with Crippen molar-refractivity contribution >= 4 is 35.2 Å². The van der Waals surface area contributed by atoms with E-state index in [4.69, 9.17) is 17.3 Å². The molecular formula is C17H20ClN5O2S. The third-order valence-electron chi connectivity index (χ3n) is 4.35. The molecule has 1 saturated heterocycles. The van der Waals surface area contributed by atoms with Crippen LogP contribution < -0.4 is 5.73 Å². The van der Waals surface area contributed by atoms with Crippen molar-refractivity contribution < 1.29 is 9.59 Å². The number of likely N-dealkylation sites (tertiary alicyclic amines) is 1. The molecular weight excluding hydrogens is 374 g/mol. The maximum absolute atomic E-state index is 12.7. The Kier molecular flexibility index (Phi) is 5.83. The van der Waals surface area contributed by atoms with Crippen molar-refractivity contribution in [3.05, 3.63) is 29.3 Å². The lowest BCUT2D eigenvalue weighted by Gasteiger charge is -2.32. The number of nitrogens with one attached hydrogen (secondary N) is 1. The van der Waals surface area contributed by atoms with E-state index in [0.29, 0.717) is 29.1 Å². The first-order valence-electron chi connectivity index (χ1n) is 8.37. The highest BCUT2D eigenvalue weighted by atomic mass is 35.5. The average molecular weight is 394 g/mol. The molecule has 0 saturated carbocycles. The van der Waals surface area contributed by atoms with Crippen molar-refractivity contribution in [2.24, 2.45) is 11.7 Å². The largest absolute Gasteiger partial charge is 0.369 e. The summed E-state index contributed by atoms with van der Waals surface area (Å²) in [6.45, 7) is 2.86. The Balaban J connectivity index is 1.62. The molecule has 9 heteroatoms. The molecule has 3 N–H and O–H groups in total. The quantitative estimate of drug-likeness (QED) is 0.758. The summed E-state index contributed by atoms with van der Waals surface area (Å²) in [6.07, 6.45) is 1.53. The Morgan fingerprint density at radius 3 is 2.81 bits per heavy atom. The van der Waals surface area contributed by atoms with Crippen LogP contribution in [0.4, 0.5) is 0 Å². The number of aromatic nitrogens is 3. The summed E-state index contributed by atoms with van der Waals surface area (Å²) in [5, 5.41) is 7.85. The van der Waals surface area contributed by atoms with Gasteiger partial charge in [0, 0.05) is 23.7 Å². The molecule has 0 spiro atoms. The number of thioether (sulfide) groups is 1. The smallest absolute Gasteiger partial charge is 0.235 e. The average Bonchev–Trinajstić information content (AvgIpc) is 3.10. The van der Waals surface area contributed by atoms with Crippen LogP contribution in [0.2, 0.25) is 5.02 Å². The van der Waals surface area contributed by atoms with Gasteiger partial charge in [-0.1, -0.05) is 23.4 Å². The second-order valence-electron chi connectivity index (χ2n) is 6.26. The zero-order valence-electron chi connectivity index (χ0n) is 14.3. The molecule has 2 heterocycles. The van der Waals surface area contributed by atoms with E-state index in [2.05, 4.69) is 15.2 Å². The molecule has 26 heavy (non-hydrogen) atoms.